The zero-order valence-corrected chi connectivity index (χ0v) is 19.4. The fourth-order valence-electron chi connectivity index (χ4n) is 3.64. The highest BCUT2D eigenvalue weighted by molar-refractivity contribution is 6.31. The van der Waals surface area contributed by atoms with Crippen LogP contribution in [0, 0.1) is 5.82 Å². The van der Waals surface area contributed by atoms with Crippen molar-refractivity contribution in [3.05, 3.63) is 106 Å². The predicted octanol–water partition coefficient (Wildman–Crippen LogP) is 5.54. The third-order valence-electron chi connectivity index (χ3n) is 5.41. The van der Waals surface area contributed by atoms with Crippen molar-refractivity contribution in [3.63, 3.8) is 0 Å². The fraction of sp³-hybridized carbons (Fsp3) is 0.259. The molecule has 4 nitrogen and oxygen atoms in total. The average molecular weight is 467 g/mol. The van der Waals surface area contributed by atoms with Gasteiger partial charge in [-0.15, -0.1) is 0 Å². The summed E-state index contributed by atoms with van der Waals surface area (Å²) in [6.45, 7) is 2.41. The molecule has 0 radical (unpaired) electrons. The van der Waals surface area contributed by atoms with E-state index in [1.54, 1.807) is 23.1 Å². The molecule has 0 aliphatic carbocycles. The molecule has 33 heavy (non-hydrogen) atoms. The summed E-state index contributed by atoms with van der Waals surface area (Å²) in [4.78, 5) is 28.2. The molecule has 172 valence electrons. The van der Waals surface area contributed by atoms with Crippen LogP contribution in [0.25, 0.3) is 0 Å². The third kappa shape index (κ3) is 7.16. The Bertz CT molecular complexity index is 1060. The minimum Gasteiger partial charge on any atom is -0.350 e. The van der Waals surface area contributed by atoms with Crippen LogP contribution in [0.2, 0.25) is 5.02 Å². The molecule has 1 N–H and O–H groups in total. The van der Waals surface area contributed by atoms with Gasteiger partial charge in [-0.25, -0.2) is 4.39 Å². The Balaban J connectivity index is 1.88. The zero-order valence-electron chi connectivity index (χ0n) is 18.6. The molecule has 0 bridgehead atoms. The Labute approximate surface area is 199 Å². The van der Waals surface area contributed by atoms with Gasteiger partial charge in [-0.2, -0.15) is 0 Å². The van der Waals surface area contributed by atoms with Gasteiger partial charge in [-0.1, -0.05) is 79.2 Å². The molecule has 3 rings (SSSR count). The first-order valence-electron chi connectivity index (χ1n) is 11.1. The van der Waals surface area contributed by atoms with E-state index in [1.807, 2.05) is 55.5 Å². The summed E-state index contributed by atoms with van der Waals surface area (Å²) in [5.74, 6) is -0.718. The lowest BCUT2D eigenvalue weighted by atomic mass is 10.0. The van der Waals surface area contributed by atoms with Crippen LogP contribution in [-0.2, 0) is 29.1 Å². The molecule has 0 aromatic heterocycles. The van der Waals surface area contributed by atoms with E-state index >= 15 is 0 Å². The Morgan fingerprint density at radius 2 is 1.61 bits per heavy atom. The molecule has 0 saturated heterocycles. The zero-order chi connectivity index (χ0) is 23.6. The Hall–Kier alpha value is -3.18. The molecule has 0 aliphatic heterocycles. The third-order valence-corrected chi connectivity index (χ3v) is 5.78. The summed E-state index contributed by atoms with van der Waals surface area (Å²) in [6, 6.07) is 22.2. The van der Waals surface area contributed by atoms with E-state index < -0.39 is 6.04 Å². The van der Waals surface area contributed by atoms with Gasteiger partial charge in [0.25, 0.3) is 0 Å². The lowest BCUT2D eigenvalue weighted by Gasteiger charge is -2.31. The minimum absolute atomic E-state index is 0.115. The molecule has 1 atom stereocenters. The summed E-state index contributed by atoms with van der Waals surface area (Å²) in [6.07, 6.45) is 1.36. The molecule has 0 heterocycles. The lowest BCUT2D eigenvalue weighted by Crippen LogP contribution is -2.50. The number of rotatable bonds is 10. The van der Waals surface area contributed by atoms with Crippen LogP contribution in [0.1, 0.15) is 36.5 Å². The number of halogens is 2. The predicted molar refractivity (Wildman–Crippen MR) is 129 cm³/mol. The standard InChI is InChI=1S/C27H28ClFN2O2/c1-2-8-26(32)31(19-21-13-15-23(29)16-14-21)25(17-20-9-4-3-5-10-20)27(33)30-18-22-11-6-7-12-24(22)28/h3-7,9-16,25H,2,8,17-19H2,1H3,(H,30,33). The molecule has 0 fully saturated rings. The van der Waals surface area contributed by atoms with Crippen LogP contribution in [0.15, 0.2) is 78.9 Å². The summed E-state index contributed by atoms with van der Waals surface area (Å²) in [5.41, 5.74) is 2.51. The highest BCUT2D eigenvalue weighted by Crippen LogP contribution is 2.18. The highest BCUT2D eigenvalue weighted by atomic mass is 35.5. The number of benzene rings is 3. The summed E-state index contributed by atoms with van der Waals surface area (Å²) < 4.78 is 13.4. The molecule has 0 spiro atoms. The van der Waals surface area contributed by atoms with Crippen molar-refractivity contribution in [1.29, 1.82) is 0 Å². The highest BCUT2D eigenvalue weighted by Gasteiger charge is 2.30. The largest absolute Gasteiger partial charge is 0.350 e. The first kappa shape index (κ1) is 24.5. The van der Waals surface area contributed by atoms with Crippen molar-refractivity contribution >= 4 is 23.4 Å². The van der Waals surface area contributed by atoms with Crippen molar-refractivity contribution in [3.8, 4) is 0 Å². The molecule has 0 aliphatic rings. The number of hydrogen-bond donors (Lipinski definition) is 1. The molecule has 2 amide bonds. The van der Waals surface area contributed by atoms with Gasteiger partial charge in [0.1, 0.15) is 11.9 Å². The van der Waals surface area contributed by atoms with E-state index in [0.717, 1.165) is 16.7 Å². The topological polar surface area (TPSA) is 49.4 Å². The maximum atomic E-state index is 13.4. The molecular weight excluding hydrogens is 439 g/mol. The van der Waals surface area contributed by atoms with Crippen LogP contribution < -0.4 is 5.32 Å². The normalized spacial score (nSPS) is 11.6. The first-order valence-corrected chi connectivity index (χ1v) is 11.4. The van der Waals surface area contributed by atoms with Crippen molar-refractivity contribution in [2.24, 2.45) is 0 Å². The van der Waals surface area contributed by atoms with Crippen molar-refractivity contribution in [1.82, 2.24) is 10.2 Å². The van der Waals surface area contributed by atoms with E-state index in [4.69, 9.17) is 11.6 Å². The van der Waals surface area contributed by atoms with Gasteiger partial charge in [0, 0.05) is 31.0 Å². The molecule has 0 saturated carbocycles. The van der Waals surface area contributed by atoms with Gasteiger partial charge >= 0.3 is 0 Å². The summed E-state index contributed by atoms with van der Waals surface area (Å²) in [7, 11) is 0. The lowest BCUT2D eigenvalue weighted by molar-refractivity contribution is -0.141. The molecule has 6 heteroatoms. The van der Waals surface area contributed by atoms with Gasteiger partial charge in [-0.3, -0.25) is 9.59 Å². The Kier molecular flexibility index (Phi) is 9.02. The molecular formula is C27H28ClFN2O2. The average Bonchev–Trinajstić information content (AvgIpc) is 2.82. The maximum Gasteiger partial charge on any atom is 0.243 e. The molecule has 3 aromatic rings. The number of carbonyl (C=O) groups is 2. The Morgan fingerprint density at radius 1 is 0.939 bits per heavy atom. The van der Waals surface area contributed by atoms with E-state index in [0.29, 0.717) is 24.3 Å². The van der Waals surface area contributed by atoms with E-state index in [-0.39, 0.29) is 30.7 Å². The van der Waals surface area contributed by atoms with Gasteiger partial charge in [0.05, 0.1) is 0 Å². The van der Waals surface area contributed by atoms with Crippen LogP contribution in [0.3, 0.4) is 0 Å². The van der Waals surface area contributed by atoms with Crippen LogP contribution >= 0.6 is 11.6 Å². The Morgan fingerprint density at radius 3 is 2.27 bits per heavy atom. The van der Waals surface area contributed by atoms with Crippen LogP contribution in [0.5, 0.6) is 0 Å². The molecule has 1 unspecified atom stereocenters. The number of nitrogens with one attached hydrogen (secondary N) is 1. The number of hydrogen-bond acceptors (Lipinski definition) is 2. The quantitative estimate of drug-likeness (QED) is 0.426. The van der Waals surface area contributed by atoms with E-state index in [9.17, 15) is 14.0 Å². The van der Waals surface area contributed by atoms with Crippen LogP contribution in [-0.4, -0.2) is 22.8 Å². The monoisotopic (exact) mass is 466 g/mol. The number of nitrogens with zero attached hydrogens (tertiary/aromatic N) is 1. The first-order chi connectivity index (χ1) is 16.0. The van der Waals surface area contributed by atoms with Gasteiger partial charge in [0.2, 0.25) is 11.8 Å². The van der Waals surface area contributed by atoms with Gasteiger partial charge in [-0.05, 0) is 41.3 Å². The van der Waals surface area contributed by atoms with Crippen molar-refractivity contribution in [2.45, 2.75) is 45.3 Å². The smallest absolute Gasteiger partial charge is 0.243 e. The number of amides is 2. The summed E-state index contributed by atoms with van der Waals surface area (Å²) in [5, 5.41) is 3.53. The van der Waals surface area contributed by atoms with Crippen molar-refractivity contribution in [2.75, 3.05) is 0 Å². The fourth-order valence-corrected chi connectivity index (χ4v) is 3.84. The van der Waals surface area contributed by atoms with Crippen molar-refractivity contribution < 1.29 is 14.0 Å². The maximum absolute atomic E-state index is 13.4. The SMILES string of the molecule is CCCC(=O)N(Cc1ccc(F)cc1)C(Cc1ccccc1)C(=O)NCc1ccccc1Cl. The molecule has 3 aromatic carbocycles. The second kappa shape index (κ2) is 12.2. The second-order valence-corrected chi connectivity index (χ2v) is 8.32. The van der Waals surface area contributed by atoms with E-state index in [1.165, 1.54) is 12.1 Å². The second-order valence-electron chi connectivity index (χ2n) is 7.91. The van der Waals surface area contributed by atoms with Gasteiger partial charge < -0.3 is 10.2 Å². The van der Waals surface area contributed by atoms with Crippen LogP contribution in [0.4, 0.5) is 4.39 Å². The van der Waals surface area contributed by atoms with E-state index in [2.05, 4.69) is 5.32 Å². The van der Waals surface area contributed by atoms with Gasteiger partial charge in [0.15, 0.2) is 0 Å². The minimum atomic E-state index is -0.723. The number of carbonyl (C=O) groups excluding carboxylic acids is 2. The summed E-state index contributed by atoms with van der Waals surface area (Å²) >= 11 is 6.24.